The number of nitrogens with zero attached hydrogens (tertiary/aromatic N) is 2. The number of nitrogens with one attached hydrogen (secondary N) is 1. The van der Waals surface area contributed by atoms with E-state index in [4.69, 9.17) is 14.9 Å². The highest BCUT2D eigenvalue weighted by molar-refractivity contribution is 6.09. The second-order valence-corrected chi connectivity index (χ2v) is 7.80. The second kappa shape index (κ2) is 6.72. The van der Waals surface area contributed by atoms with Crippen LogP contribution in [0.1, 0.15) is 60.1 Å². The zero-order valence-electron chi connectivity index (χ0n) is 16.8. The summed E-state index contributed by atoms with van der Waals surface area (Å²) < 4.78 is 25.4. The molecular weight excluding hydrogens is 375 g/mol. The Kier molecular flexibility index (Phi) is 4.44. The smallest absolute Gasteiger partial charge is 0.253 e. The number of aryl methyl sites for hydroxylation is 1. The van der Waals surface area contributed by atoms with Crippen LogP contribution < -0.4 is 15.8 Å². The number of furan rings is 1. The van der Waals surface area contributed by atoms with E-state index in [1.807, 2.05) is 6.92 Å². The maximum Gasteiger partial charge on any atom is 0.253 e. The lowest BCUT2D eigenvalue weighted by Crippen LogP contribution is -2.20. The number of benzene rings is 1. The topological polar surface area (TPSA) is 103 Å². The van der Waals surface area contributed by atoms with Crippen LogP contribution in [0.4, 0.5) is 10.2 Å². The molecule has 3 N–H and O–H groups in total. The quantitative estimate of drug-likeness (QED) is 0.653. The van der Waals surface area contributed by atoms with Crippen molar-refractivity contribution in [1.82, 2.24) is 9.97 Å². The Morgan fingerprint density at radius 2 is 2.10 bits per heavy atom. The molecule has 0 spiro atoms. The van der Waals surface area contributed by atoms with Crippen LogP contribution in [0.25, 0.3) is 11.1 Å². The highest BCUT2D eigenvalue weighted by atomic mass is 19.1. The molecule has 4 rings (SSSR count). The maximum atomic E-state index is 14.6. The van der Waals surface area contributed by atoms with E-state index in [0.717, 1.165) is 12.8 Å². The molecule has 0 bridgehead atoms. The number of rotatable bonds is 6. The Bertz CT molecular complexity index is 1120. The fraction of sp³-hybridized carbons (Fsp3) is 0.381. The highest BCUT2D eigenvalue weighted by Gasteiger charge is 2.39. The highest BCUT2D eigenvalue weighted by Crippen LogP contribution is 2.41. The van der Waals surface area contributed by atoms with Crippen LogP contribution in [0.5, 0.6) is 5.75 Å². The molecule has 8 heteroatoms. The SMILES string of the molecule is COc1ccc(C(C)c2nc(NC3(C)CC3)c3c(C(N)=O)c(C)oc3n2)c(F)c1. The number of ether oxygens (including phenoxy) is 1. The van der Waals surface area contributed by atoms with Gasteiger partial charge in [0.1, 0.15) is 29.0 Å². The molecule has 29 heavy (non-hydrogen) atoms. The third-order valence-corrected chi connectivity index (χ3v) is 5.47. The fourth-order valence-electron chi connectivity index (χ4n) is 3.43. The van der Waals surface area contributed by atoms with E-state index in [9.17, 15) is 9.18 Å². The number of hydrogen-bond acceptors (Lipinski definition) is 6. The molecule has 2 aromatic heterocycles. The Hall–Kier alpha value is -3.16. The minimum atomic E-state index is -0.601. The number of carbonyl (C=O) groups is 1. The van der Waals surface area contributed by atoms with Crippen LogP contribution in [0.3, 0.4) is 0 Å². The van der Waals surface area contributed by atoms with E-state index in [1.165, 1.54) is 13.2 Å². The van der Waals surface area contributed by atoms with Gasteiger partial charge in [-0.15, -0.1) is 0 Å². The number of primary amides is 1. The summed E-state index contributed by atoms with van der Waals surface area (Å²) in [7, 11) is 1.49. The Balaban J connectivity index is 1.86. The first-order valence-electron chi connectivity index (χ1n) is 9.45. The molecule has 1 aliphatic carbocycles. The van der Waals surface area contributed by atoms with Gasteiger partial charge in [-0.25, -0.2) is 9.37 Å². The monoisotopic (exact) mass is 398 g/mol. The van der Waals surface area contributed by atoms with Gasteiger partial charge in [0.2, 0.25) is 5.71 Å². The van der Waals surface area contributed by atoms with Gasteiger partial charge in [-0.05, 0) is 38.3 Å². The number of hydrogen-bond donors (Lipinski definition) is 2. The lowest BCUT2D eigenvalue weighted by Gasteiger charge is -2.17. The van der Waals surface area contributed by atoms with Crippen LogP contribution in [0.15, 0.2) is 22.6 Å². The van der Waals surface area contributed by atoms with Crippen molar-refractivity contribution in [1.29, 1.82) is 0 Å². The normalized spacial score (nSPS) is 15.9. The first-order valence-corrected chi connectivity index (χ1v) is 9.45. The molecule has 1 aromatic carbocycles. The Morgan fingerprint density at radius 1 is 1.38 bits per heavy atom. The molecule has 0 radical (unpaired) electrons. The molecule has 1 saturated carbocycles. The van der Waals surface area contributed by atoms with Crippen LogP contribution in [-0.2, 0) is 0 Å². The van der Waals surface area contributed by atoms with E-state index < -0.39 is 17.6 Å². The summed E-state index contributed by atoms with van der Waals surface area (Å²) in [6, 6.07) is 4.68. The van der Waals surface area contributed by atoms with E-state index in [2.05, 4.69) is 22.2 Å². The van der Waals surface area contributed by atoms with Crippen LogP contribution in [0.2, 0.25) is 0 Å². The minimum absolute atomic E-state index is 0.104. The van der Waals surface area contributed by atoms with E-state index in [1.54, 1.807) is 19.1 Å². The average molecular weight is 398 g/mol. The number of amides is 1. The number of anilines is 1. The molecule has 3 aromatic rings. The van der Waals surface area contributed by atoms with Crippen molar-refractivity contribution in [2.75, 3.05) is 12.4 Å². The van der Waals surface area contributed by atoms with Crippen LogP contribution in [-0.4, -0.2) is 28.5 Å². The van der Waals surface area contributed by atoms with Crippen molar-refractivity contribution in [3.63, 3.8) is 0 Å². The van der Waals surface area contributed by atoms with E-state index >= 15 is 0 Å². The fourth-order valence-corrected chi connectivity index (χ4v) is 3.43. The minimum Gasteiger partial charge on any atom is -0.497 e. The Labute approximate surface area is 167 Å². The molecule has 0 saturated heterocycles. The predicted molar refractivity (Wildman–Crippen MR) is 107 cm³/mol. The predicted octanol–water partition coefficient (Wildman–Crippen LogP) is 3.89. The number of fused-ring (bicyclic) bond motifs is 1. The van der Waals surface area contributed by atoms with Gasteiger partial charge in [0.15, 0.2) is 0 Å². The molecule has 1 unspecified atom stereocenters. The van der Waals surface area contributed by atoms with Crippen molar-refractivity contribution >= 4 is 22.8 Å². The van der Waals surface area contributed by atoms with Gasteiger partial charge in [0.25, 0.3) is 5.91 Å². The lowest BCUT2D eigenvalue weighted by atomic mass is 9.99. The summed E-state index contributed by atoms with van der Waals surface area (Å²) in [5.41, 5.74) is 6.42. The van der Waals surface area contributed by atoms with Crippen LogP contribution >= 0.6 is 0 Å². The maximum absolute atomic E-state index is 14.6. The molecule has 1 atom stereocenters. The largest absolute Gasteiger partial charge is 0.497 e. The van der Waals surface area contributed by atoms with Crippen molar-refractivity contribution in [3.05, 3.63) is 46.7 Å². The van der Waals surface area contributed by atoms with Gasteiger partial charge in [-0.2, -0.15) is 4.98 Å². The van der Waals surface area contributed by atoms with E-state index in [0.29, 0.717) is 34.1 Å². The van der Waals surface area contributed by atoms with Gasteiger partial charge < -0.3 is 20.2 Å². The molecule has 2 heterocycles. The number of nitrogens with two attached hydrogens (primary N) is 1. The number of carbonyl (C=O) groups excluding carboxylic acids is 1. The molecule has 7 nitrogen and oxygen atoms in total. The molecular formula is C21H23FN4O3. The molecule has 1 fully saturated rings. The summed E-state index contributed by atoms with van der Waals surface area (Å²) in [4.78, 5) is 21.1. The number of methoxy groups -OCH3 is 1. The standard InChI is InChI=1S/C21H23FN4O3/c1-10(13-6-5-12(28-4)9-14(13)22)18-24-19(26-21(3)7-8-21)16-15(17(23)27)11(2)29-20(16)25-18/h5-6,9-10H,7-8H2,1-4H3,(H2,23,27)(H,24,25,26). The zero-order chi connectivity index (χ0) is 20.9. The van der Waals surface area contributed by atoms with Crippen molar-refractivity contribution < 1.29 is 18.3 Å². The molecule has 1 aliphatic rings. The number of aromatic nitrogens is 2. The van der Waals surface area contributed by atoms with Crippen molar-refractivity contribution in [2.45, 2.75) is 45.1 Å². The van der Waals surface area contributed by atoms with Gasteiger partial charge in [0.05, 0.1) is 18.1 Å². The molecule has 1 amide bonds. The van der Waals surface area contributed by atoms with Gasteiger partial charge >= 0.3 is 0 Å². The second-order valence-electron chi connectivity index (χ2n) is 7.80. The van der Waals surface area contributed by atoms with Gasteiger partial charge in [-0.3, -0.25) is 4.79 Å². The average Bonchev–Trinajstić information content (AvgIpc) is 3.28. The number of halogens is 1. The van der Waals surface area contributed by atoms with Gasteiger partial charge in [-0.1, -0.05) is 13.0 Å². The first-order chi connectivity index (χ1) is 13.7. The zero-order valence-corrected chi connectivity index (χ0v) is 16.8. The molecule has 152 valence electrons. The Morgan fingerprint density at radius 3 is 2.69 bits per heavy atom. The molecule has 0 aliphatic heterocycles. The third kappa shape index (κ3) is 3.39. The lowest BCUT2D eigenvalue weighted by molar-refractivity contribution is 0.1000. The van der Waals surface area contributed by atoms with Crippen LogP contribution in [0, 0.1) is 12.7 Å². The van der Waals surface area contributed by atoms with E-state index in [-0.39, 0.29) is 16.8 Å². The first kappa shape index (κ1) is 19.2. The van der Waals surface area contributed by atoms with Crippen molar-refractivity contribution in [2.24, 2.45) is 5.73 Å². The summed E-state index contributed by atoms with van der Waals surface area (Å²) in [6.07, 6.45) is 1.97. The van der Waals surface area contributed by atoms with Gasteiger partial charge in [0, 0.05) is 17.5 Å². The summed E-state index contributed by atoms with van der Waals surface area (Å²) >= 11 is 0. The summed E-state index contributed by atoms with van der Waals surface area (Å²) in [6.45, 7) is 5.56. The third-order valence-electron chi connectivity index (χ3n) is 5.47. The van der Waals surface area contributed by atoms with Crippen molar-refractivity contribution in [3.8, 4) is 5.75 Å². The summed E-state index contributed by atoms with van der Waals surface area (Å²) in [5.74, 6) is 0.237. The summed E-state index contributed by atoms with van der Waals surface area (Å²) in [5, 5.41) is 3.86.